The minimum absolute atomic E-state index is 0.0859. The number of rotatable bonds is 3. The van der Waals surface area contributed by atoms with Gasteiger partial charge in [0.1, 0.15) is 5.54 Å². The number of carboxylic acids is 1. The van der Waals surface area contributed by atoms with E-state index in [1.807, 2.05) is 4.90 Å². The van der Waals surface area contributed by atoms with Crippen LogP contribution in [0.3, 0.4) is 0 Å². The summed E-state index contributed by atoms with van der Waals surface area (Å²) in [5.41, 5.74) is -0.865. The highest BCUT2D eigenvalue weighted by Crippen LogP contribution is 2.43. The van der Waals surface area contributed by atoms with Crippen molar-refractivity contribution in [1.82, 2.24) is 4.90 Å². The maximum Gasteiger partial charge on any atom is 0.324 e. The largest absolute Gasteiger partial charge is 0.480 e. The Hall–Kier alpha value is -0.620. The van der Waals surface area contributed by atoms with Crippen LogP contribution < -0.4 is 0 Å². The molecule has 1 atom stereocenters. The van der Waals surface area contributed by atoms with Gasteiger partial charge in [0.15, 0.2) is 9.84 Å². The Balaban J connectivity index is 2.14. The lowest BCUT2D eigenvalue weighted by molar-refractivity contribution is -0.152. The van der Waals surface area contributed by atoms with Crippen molar-refractivity contribution in [1.29, 1.82) is 0 Å². The van der Waals surface area contributed by atoms with Crippen LogP contribution in [0, 0.1) is 5.92 Å². The maximum atomic E-state index is 11.4. The highest BCUT2D eigenvalue weighted by atomic mass is 32.2. The molecule has 0 spiro atoms. The van der Waals surface area contributed by atoms with E-state index >= 15 is 0 Å². The third-order valence-corrected chi connectivity index (χ3v) is 5.42. The van der Waals surface area contributed by atoms with E-state index in [4.69, 9.17) is 0 Å². The first-order valence-electron chi connectivity index (χ1n) is 5.55. The van der Waals surface area contributed by atoms with E-state index in [0.29, 0.717) is 13.1 Å². The highest BCUT2D eigenvalue weighted by molar-refractivity contribution is 7.91. The molecule has 0 amide bonds. The van der Waals surface area contributed by atoms with Gasteiger partial charge in [-0.2, -0.15) is 0 Å². The van der Waals surface area contributed by atoms with E-state index in [-0.39, 0.29) is 17.4 Å². The summed E-state index contributed by atoms with van der Waals surface area (Å²) in [7, 11) is -2.94. The van der Waals surface area contributed by atoms with Crippen LogP contribution in [0.2, 0.25) is 0 Å². The molecule has 1 aliphatic heterocycles. The van der Waals surface area contributed by atoms with Gasteiger partial charge in [-0.05, 0) is 25.7 Å². The van der Waals surface area contributed by atoms with Gasteiger partial charge in [0.05, 0.1) is 11.5 Å². The Morgan fingerprint density at radius 2 is 1.81 bits per heavy atom. The summed E-state index contributed by atoms with van der Waals surface area (Å²) in [6.45, 7) is 2.42. The lowest BCUT2D eigenvalue weighted by atomic mass is 9.93. The second kappa shape index (κ2) is 3.70. The molecular weight excluding hydrogens is 230 g/mol. The first-order chi connectivity index (χ1) is 7.36. The minimum atomic E-state index is -2.94. The zero-order valence-electron chi connectivity index (χ0n) is 9.35. The third kappa shape index (κ3) is 1.96. The van der Waals surface area contributed by atoms with E-state index in [1.54, 1.807) is 6.92 Å². The number of sulfone groups is 1. The van der Waals surface area contributed by atoms with Crippen LogP contribution in [-0.2, 0) is 14.6 Å². The molecule has 1 heterocycles. The van der Waals surface area contributed by atoms with Gasteiger partial charge < -0.3 is 5.11 Å². The van der Waals surface area contributed by atoms with Crippen molar-refractivity contribution in [3.05, 3.63) is 0 Å². The molecule has 2 fully saturated rings. The third-order valence-electron chi connectivity index (χ3n) is 3.81. The fourth-order valence-corrected chi connectivity index (χ4v) is 3.59. The molecule has 92 valence electrons. The fraction of sp³-hybridized carbons (Fsp3) is 0.900. The zero-order chi connectivity index (χ0) is 12.0. The second-order valence-corrected chi connectivity index (χ2v) is 7.17. The molecule has 1 N–H and O–H groups in total. The van der Waals surface area contributed by atoms with Crippen LogP contribution in [-0.4, -0.2) is 54.5 Å². The predicted molar refractivity (Wildman–Crippen MR) is 59.0 cm³/mol. The molecule has 0 radical (unpaired) electrons. The Bertz CT molecular complexity index is 387. The number of hydrogen-bond donors (Lipinski definition) is 1. The van der Waals surface area contributed by atoms with Gasteiger partial charge in [-0.25, -0.2) is 8.42 Å². The summed E-state index contributed by atoms with van der Waals surface area (Å²) in [6, 6.07) is 0. The van der Waals surface area contributed by atoms with E-state index in [1.165, 1.54) is 0 Å². The van der Waals surface area contributed by atoms with E-state index in [0.717, 1.165) is 12.8 Å². The quantitative estimate of drug-likeness (QED) is 0.758. The van der Waals surface area contributed by atoms with Gasteiger partial charge >= 0.3 is 5.97 Å². The van der Waals surface area contributed by atoms with Crippen LogP contribution in [0.15, 0.2) is 0 Å². The van der Waals surface area contributed by atoms with Gasteiger partial charge in [-0.3, -0.25) is 9.69 Å². The maximum absolute atomic E-state index is 11.4. The van der Waals surface area contributed by atoms with Crippen molar-refractivity contribution in [3.8, 4) is 0 Å². The number of hydrogen-bond acceptors (Lipinski definition) is 4. The zero-order valence-corrected chi connectivity index (χ0v) is 10.2. The molecule has 1 saturated heterocycles. The number of aliphatic carboxylic acids is 1. The standard InChI is InChI=1S/C10H17NO4S/c1-10(9(12)13,8-2-3-8)11-4-6-16(14,15)7-5-11/h8H,2-7H2,1H3,(H,12,13). The number of nitrogens with zero attached hydrogens (tertiary/aromatic N) is 1. The normalized spacial score (nSPS) is 29.6. The molecule has 1 aliphatic carbocycles. The first kappa shape index (κ1) is 11.9. The van der Waals surface area contributed by atoms with Crippen molar-refractivity contribution in [2.45, 2.75) is 25.3 Å². The van der Waals surface area contributed by atoms with Crippen LogP contribution in [0.25, 0.3) is 0 Å². The van der Waals surface area contributed by atoms with Crippen molar-refractivity contribution in [2.75, 3.05) is 24.6 Å². The van der Waals surface area contributed by atoms with Crippen LogP contribution >= 0.6 is 0 Å². The highest BCUT2D eigenvalue weighted by Gasteiger charge is 2.52. The molecule has 0 aromatic heterocycles. The van der Waals surface area contributed by atoms with Gasteiger partial charge in [0.2, 0.25) is 0 Å². The Labute approximate surface area is 95.4 Å². The number of carbonyl (C=O) groups is 1. The second-order valence-electron chi connectivity index (χ2n) is 4.87. The summed E-state index contributed by atoms with van der Waals surface area (Å²) >= 11 is 0. The van der Waals surface area contributed by atoms with Gasteiger partial charge in [0.25, 0.3) is 0 Å². The fourth-order valence-electron chi connectivity index (χ4n) is 2.39. The average molecular weight is 247 g/mol. The molecule has 2 aliphatic rings. The molecule has 0 bridgehead atoms. The Kier molecular flexibility index (Phi) is 2.74. The predicted octanol–water partition coefficient (Wildman–Crippen LogP) is -0.0299. The van der Waals surface area contributed by atoms with Crippen molar-refractivity contribution >= 4 is 15.8 Å². The summed E-state index contributed by atoms with van der Waals surface area (Å²) < 4.78 is 22.6. The van der Waals surface area contributed by atoms with Gasteiger partial charge in [0, 0.05) is 13.1 Å². The lowest BCUT2D eigenvalue weighted by Gasteiger charge is -2.40. The van der Waals surface area contributed by atoms with E-state index in [2.05, 4.69) is 0 Å². The van der Waals surface area contributed by atoms with Gasteiger partial charge in [-0.1, -0.05) is 0 Å². The molecule has 0 aromatic rings. The van der Waals surface area contributed by atoms with Crippen LogP contribution in [0.4, 0.5) is 0 Å². The molecule has 6 heteroatoms. The van der Waals surface area contributed by atoms with Gasteiger partial charge in [-0.15, -0.1) is 0 Å². The molecule has 0 aromatic carbocycles. The summed E-state index contributed by atoms with van der Waals surface area (Å²) in [5.74, 6) is -0.467. The van der Waals surface area contributed by atoms with Crippen molar-refractivity contribution in [2.24, 2.45) is 5.92 Å². The molecule has 1 unspecified atom stereocenters. The van der Waals surface area contributed by atoms with Crippen LogP contribution in [0.1, 0.15) is 19.8 Å². The topological polar surface area (TPSA) is 74.7 Å². The monoisotopic (exact) mass is 247 g/mol. The van der Waals surface area contributed by atoms with Crippen LogP contribution in [0.5, 0.6) is 0 Å². The average Bonchev–Trinajstić information content (AvgIpc) is 2.99. The van der Waals surface area contributed by atoms with Crippen molar-refractivity contribution < 1.29 is 18.3 Å². The molecule has 5 nitrogen and oxygen atoms in total. The molecule has 2 rings (SSSR count). The molecule has 16 heavy (non-hydrogen) atoms. The van der Waals surface area contributed by atoms with E-state index < -0.39 is 21.3 Å². The first-order valence-corrected chi connectivity index (χ1v) is 7.37. The SMILES string of the molecule is CC(C(=O)O)(C1CC1)N1CCS(=O)(=O)CC1. The lowest BCUT2D eigenvalue weighted by Crippen LogP contribution is -2.58. The van der Waals surface area contributed by atoms with Crippen molar-refractivity contribution in [3.63, 3.8) is 0 Å². The Morgan fingerprint density at radius 3 is 2.19 bits per heavy atom. The summed E-state index contributed by atoms with van der Waals surface area (Å²) in [6.07, 6.45) is 1.87. The number of carboxylic acid groups (broad SMARTS) is 1. The minimum Gasteiger partial charge on any atom is -0.480 e. The van der Waals surface area contributed by atoms with E-state index in [9.17, 15) is 18.3 Å². The summed E-state index contributed by atoms with van der Waals surface area (Å²) in [4.78, 5) is 13.2. The molecular formula is C10H17NO4S. The molecule has 1 saturated carbocycles. The summed E-state index contributed by atoms with van der Waals surface area (Å²) in [5, 5.41) is 9.33. The Morgan fingerprint density at radius 1 is 1.31 bits per heavy atom. The smallest absolute Gasteiger partial charge is 0.324 e.